The van der Waals surface area contributed by atoms with E-state index in [1.807, 2.05) is 40.3 Å². The molecule has 0 N–H and O–H groups in total. The predicted molar refractivity (Wildman–Crippen MR) is 92.1 cm³/mol. The molecule has 0 bridgehead atoms. The van der Waals surface area contributed by atoms with Crippen LogP contribution in [0.5, 0.6) is 11.5 Å². The van der Waals surface area contributed by atoms with Crippen LogP contribution in [-0.2, 0) is 4.79 Å². The second-order valence-electron chi connectivity index (χ2n) is 6.26. The molecule has 7 nitrogen and oxygen atoms in total. The molecular weight excluding hydrogens is 322 g/mol. The number of hydrogen-bond acceptors (Lipinski definition) is 6. The number of carbonyl (C=O) groups excluding carboxylic acids is 1. The fourth-order valence-electron chi connectivity index (χ4n) is 3.40. The summed E-state index contributed by atoms with van der Waals surface area (Å²) >= 11 is 0. The van der Waals surface area contributed by atoms with Gasteiger partial charge in [0.05, 0.1) is 11.4 Å². The molecule has 0 aromatic heterocycles. The number of rotatable bonds is 4. The first-order valence-corrected chi connectivity index (χ1v) is 8.51. The van der Waals surface area contributed by atoms with Crippen LogP contribution in [0.25, 0.3) is 0 Å². The van der Waals surface area contributed by atoms with E-state index in [1.165, 1.54) is 0 Å². The maximum atomic E-state index is 11.8. The third kappa shape index (κ3) is 3.02. The minimum atomic E-state index is -0.707. The summed E-state index contributed by atoms with van der Waals surface area (Å²) in [4.78, 5) is 30.3. The highest BCUT2D eigenvalue weighted by Crippen LogP contribution is 2.41. The first-order valence-electron chi connectivity index (χ1n) is 8.51. The normalized spacial score (nSPS) is 19.8. The van der Waals surface area contributed by atoms with Crippen molar-refractivity contribution < 1.29 is 14.4 Å². The molecule has 1 aliphatic carbocycles. The summed E-state index contributed by atoms with van der Waals surface area (Å²) in [7, 11) is 0. The fourth-order valence-corrected chi connectivity index (χ4v) is 3.40. The zero-order valence-corrected chi connectivity index (χ0v) is 13.8. The van der Waals surface area contributed by atoms with Crippen molar-refractivity contribution in [3.05, 3.63) is 46.5 Å². The molecule has 2 heterocycles. The monoisotopic (exact) mass is 341 g/mol. The lowest BCUT2D eigenvalue weighted by Crippen LogP contribution is -2.24. The van der Waals surface area contributed by atoms with Gasteiger partial charge in [-0.2, -0.15) is 0 Å². The number of anilines is 1. The number of benzene rings is 1. The lowest BCUT2D eigenvalue weighted by Gasteiger charge is -2.23. The fraction of sp³-hybridized carbons (Fsp3) is 0.389. The maximum absolute atomic E-state index is 11.8. The van der Waals surface area contributed by atoms with Crippen LogP contribution in [0.4, 0.5) is 5.69 Å². The minimum absolute atomic E-state index is 0.289. The molecule has 0 atom stereocenters. The molecule has 130 valence electrons. The van der Waals surface area contributed by atoms with Crippen molar-refractivity contribution in [1.82, 2.24) is 5.06 Å². The lowest BCUT2D eigenvalue weighted by atomic mass is 10.0. The van der Waals surface area contributed by atoms with Crippen molar-refractivity contribution in [2.75, 3.05) is 24.7 Å². The third-order valence-corrected chi connectivity index (χ3v) is 4.65. The second-order valence-corrected chi connectivity index (χ2v) is 6.26. The number of amides is 1. The Bertz CT molecular complexity index is 766. The minimum Gasteiger partial charge on any atom is -0.470 e. The molecule has 2 aliphatic heterocycles. The van der Waals surface area contributed by atoms with Crippen LogP contribution in [0.3, 0.4) is 0 Å². The summed E-state index contributed by atoms with van der Waals surface area (Å²) in [6.45, 7) is 2.16. The number of hydroxylamine groups is 2. The van der Waals surface area contributed by atoms with Gasteiger partial charge in [-0.25, -0.2) is 0 Å². The summed E-state index contributed by atoms with van der Waals surface area (Å²) in [6.07, 6.45) is 7.38. The lowest BCUT2D eigenvalue weighted by molar-refractivity contribution is -0.114. The van der Waals surface area contributed by atoms with E-state index in [1.54, 1.807) is 0 Å². The molecule has 3 aliphatic rings. The van der Waals surface area contributed by atoms with Gasteiger partial charge in [0.1, 0.15) is 5.75 Å². The zero-order chi connectivity index (χ0) is 17.2. The summed E-state index contributed by atoms with van der Waals surface area (Å²) in [6, 6.07) is 5.67. The van der Waals surface area contributed by atoms with E-state index in [9.17, 15) is 9.70 Å². The van der Waals surface area contributed by atoms with Crippen molar-refractivity contribution in [2.45, 2.75) is 25.7 Å². The Morgan fingerprint density at radius 3 is 2.88 bits per heavy atom. The predicted octanol–water partition coefficient (Wildman–Crippen LogP) is 3.13. The molecule has 1 amide bonds. The summed E-state index contributed by atoms with van der Waals surface area (Å²) in [5.41, 5.74) is 1.97. The van der Waals surface area contributed by atoms with Crippen molar-refractivity contribution in [2.24, 2.45) is 5.18 Å². The first kappa shape index (κ1) is 15.8. The number of nitroso groups, excluding NO2 is 1. The number of carbonyl (C=O) groups is 1. The van der Waals surface area contributed by atoms with Gasteiger partial charge in [-0.3, -0.25) is 4.79 Å². The van der Waals surface area contributed by atoms with Gasteiger partial charge in [0, 0.05) is 29.9 Å². The SMILES string of the molecule is O=NC(=O)C1=C(N2COc3cc(ON4CCCC4)ccc32)C=CCC1. The van der Waals surface area contributed by atoms with Gasteiger partial charge < -0.3 is 14.5 Å². The number of ether oxygens (including phenoxy) is 1. The van der Waals surface area contributed by atoms with Crippen LogP contribution in [0.1, 0.15) is 25.7 Å². The average Bonchev–Trinajstić information content (AvgIpc) is 3.30. The van der Waals surface area contributed by atoms with Crippen LogP contribution in [0.2, 0.25) is 0 Å². The Morgan fingerprint density at radius 2 is 2.08 bits per heavy atom. The van der Waals surface area contributed by atoms with E-state index in [4.69, 9.17) is 9.57 Å². The first-order chi connectivity index (χ1) is 12.3. The number of allylic oxidation sites excluding steroid dienone is 2. The standard InChI is InChI=1S/C18H19N3O4/c22-18(19-23)14-5-1-2-6-15(14)21-12-24-17-11-13(7-8-16(17)21)25-20-9-3-4-10-20/h2,6-8,11H,1,3-5,9-10,12H2. The molecular formula is C18H19N3O4. The topological polar surface area (TPSA) is 71.4 Å². The maximum Gasteiger partial charge on any atom is 0.314 e. The van der Waals surface area contributed by atoms with Crippen LogP contribution in [0, 0.1) is 4.91 Å². The van der Waals surface area contributed by atoms with E-state index in [-0.39, 0.29) is 6.73 Å². The van der Waals surface area contributed by atoms with E-state index < -0.39 is 5.91 Å². The molecule has 4 rings (SSSR count). The Morgan fingerprint density at radius 1 is 1.24 bits per heavy atom. The molecule has 1 fully saturated rings. The van der Waals surface area contributed by atoms with E-state index in [2.05, 4.69) is 5.18 Å². The molecule has 7 heteroatoms. The van der Waals surface area contributed by atoms with Gasteiger partial charge >= 0.3 is 5.91 Å². The molecule has 25 heavy (non-hydrogen) atoms. The van der Waals surface area contributed by atoms with Crippen LogP contribution < -0.4 is 14.5 Å². The van der Waals surface area contributed by atoms with Crippen molar-refractivity contribution >= 4 is 11.6 Å². The highest BCUT2D eigenvalue weighted by atomic mass is 16.7. The van der Waals surface area contributed by atoms with Crippen molar-refractivity contribution in [3.8, 4) is 11.5 Å². The van der Waals surface area contributed by atoms with Gasteiger partial charge in [0.2, 0.25) is 0 Å². The van der Waals surface area contributed by atoms with Gasteiger partial charge in [-0.1, -0.05) is 6.08 Å². The van der Waals surface area contributed by atoms with Gasteiger partial charge in [0.15, 0.2) is 12.5 Å². The van der Waals surface area contributed by atoms with Gasteiger partial charge in [-0.05, 0) is 43.9 Å². The van der Waals surface area contributed by atoms with Crippen LogP contribution >= 0.6 is 0 Å². The third-order valence-electron chi connectivity index (χ3n) is 4.65. The highest BCUT2D eigenvalue weighted by molar-refractivity contribution is 5.96. The Labute approximate surface area is 145 Å². The molecule has 0 unspecified atom stereocenters. The Kier molecular flexibility index (Phi) is 4.23. The number of nitrogens with zero attached hydrogens (tertiary/aromatic N) is 3. The molecule has 0 spiro atoms. The van der Waals surface area contributed by atoms with Crippen molar-refractivity contribution in [1.29, 1.82) is 0 Å². The van der Waals surface area contributed by atoms with E-state index >= 15 is 0 Å². The summed E-state index contributed by atoms with van der Waals surface area (Å²) in [5, 5.41) is 4.54. The molecule has 0 radical (unpaired) electrons. The molecule has 1 saturated heterocycles. The largest absolute Gasteiger partial charge is 0.470 e. The highest BCUT2D eigenvalue weighted by Gasteiger charge is 2.28. The average molecular weight is 341 g/mol. The quantitative estimate of drug-likeness (QED) is 0.784. The number of hydrogen-bond donors (Lipinski definition) is 0. The summed E-state index contributed by atoms with van der Waals surface area (Å²) < 4.78 is 5.77. The molecule has 0 saturated carbocycles. The van der Waals surface area contributed by atoms with E-state index in [0.717, 1.165) is 43.8 Å². The number of fused-ring (bicyclic) bond motifs is 1. The van der Waals surface area contributed by atoms with Crippen LogP contribution in [-0.4, -0.2) is 30.8 Å². The summed E-state index contributed by atoms with van der Waals surface area (Å²) in [5.74, 6) is 0.734. The Balaban J connectivity index is 1.61. The molecule has 1 aromatic rings. The molecule has 1 aromatic carbocycles. The Hall–Kier alpha value is -2.67. The van der Waals surface area contributed by atoms with E-state index in [0.29, 0.717) is 23.4 Å². The van der Waals surface area contributed by atoms with Gasteiger partial charge in [-0.15, -0.1) is 9.97 Å². The smallest absolute Gasteiger partial charge is 0.314 e. The van der Waals surface area contributed by atoms with Crippen molar-refractivity contribution in [3.63, 3.8) is 0 Å². The van der Waals surface area contributed by atoms with Gasteiger partial charge in [0.25, 0.3) is 0 Å². The second kappa shape index (κ2) is 6.68. The van der Waals surface area contributed by atoms with Crippen LogP contribution in [0.15, 0.2) is 46.8 Å². The zero-order valence-electron chi connectivity index (χ0n) is 13.8.